The molecule has 2 unspecified atom stereocenters. The third-order valence-corrected chi connectivity index (χ3v) is 3.33. The van der Waals surface area contributed by atoms with Gasteiger partial charge < -0.3 is 10.4 Å². The van der Waals surface area contributed by atoms with Crippen LogP contribution in [0.3, 0.4) is 0 Å². The highest BCUT2D eigenvalue weighted by Crippen LogP contribution is 2.19. The second-order valence-electron chi connectivity index (χ2n) is 5.09. The molecule has 110 valence electrons. The Balaban J connectivity index is 2.72. The van der Waals surface area contributed by atoms with E-state index in [1.807, 2.05) is 44.2 Å². The number of carboxylic acid groups (broad SMARTS) is 1. The van der Waals surface area contributed by atoms with Crippen molar-refractivity contribution >= 4 is 11.9 Å². The van der Waals surface area contributed by atoms with E-state index in [9.17, 15) is 9.59 Å². The lowest BCUT2D eigenvalue weighted by Gasteiger charge is -2.21. The van der Waals surface area contributed by atoms with Gasteiger partial charge in [0, 0.05) is 12.3 Å². The third-order valence-electron chi connectivity index (χ3n) is 3.33. The second kappa shape index (κ2) is 8.35. The summed E-state index contributed by atoms with van der Waals surface area (Å²) in [7, 11) is 0. The standard InChI is InChI=1S/C16H23NO3/c1-3-7-12(2)16(20)17-14(10-11-15(18)19)13-8-5-4-6-9-13/h4-6,8-9,12,14H,3,7,10-11H2,1-2H3,(H,17,20)(H,18,19). The van der Waals surface area contributed by atoms with Crippen LogP contribution in [0.2, 0.25) is 0 Å². The van der Waals surface area contributed by atoms with Crippen LogP contribution < -0.4 is 5.32 Å². The van der Waals surface area contributed by atoms with E-state index in [1.165, 1.54) is 0 Å². The number of rotatable bonds is 8. The zero-order valence-corrected chi connectivity index (χ0v) is 12.1. The van der Waals surface area contributed by atoms with Crippen molar-refractivity contribution in [1.29, 1.82) is 0 Å². The first kappa shape index (κ1) is 16.2. The van der Waals surface area contributed by atoms with E-state index >= 15 is 0 Å². The van der Waals surface area contributed by atoms with Crippen LogP contribution in [0, 0.1) is 5.92 Å². The number of hydrogen-bond acceptors (Lipinski definition) is 2. The van der Waals surface area contributed by atoms with E-state index in [4.69, 9.17) is 5.11 Å². The van der Waals surface area contributed by atoms with Crippen LogP contribution >= 0.6 is 0 Å². The molecule has 0 saturated heterocycles. The first-order valence-corrected chi connectivity index (χ1v) is 7.11. The number of carbonyl (C=O) groups excluding carboxylic acids is 1. The van der Waals surface area contributed by atoms with Crippen molar-refractivity contribution in [1.82, 2.24) is 5.32 Å². The molecule has 0 aromatic heterocycles. The number of amides is 1. The van der Waals surface area contributed by atoms with Gasteiger partial charge in [0.05, 0.1) is 6.04 Å². The molecule has 2 N–H and O–H groups in total. The van der Waals surface area contributed by atoms with Crippen LogP contribution in [-0.4, -0.2) is 17.0 Å². The van der Waals surface area contributed by atoms with Gasteiger partial charge in [-0.05, 0) is 18.4 Å². The quantitative estimate of drug-likeness (QED) is 0.767. The van der Waals surface area contributed by atoms with Crippen molar-refractivity contribution in [2.75, 3.05) is 0 Å². The van der Waals surface area contributed by atoms with Gasteiger partial charge in [0.2, 0.25) is 5.91 Å². The SMILES string of the molecule is CCCC(C)C(=O)NC(CCC(=O)O)c1ccccc1. The van der Waals surface area contributed by atoms with Crippen molar-refractivity contribution in [3.63, 3.8) is 0 Å². The van der Waals surface area contributed by atoms with E-state index in [2.05, 4.69) is 5.32 Å². The number of carboxylic acids is 1. The molecule has 1 rings (SSSR count). The van der Waals surface area contributed by atoms with Gasteiger partial charge in [-0.1, -0.05) is 50.6 Å². The summed E-state index contributed by atoms with van der Waals surface area (Å²) in [6.45, 7) is 3.95. The Morgan fingerprint density at radius 1 is 1.20 bits per heavy atom. The average Bonchev–Trinajstić information content (AvgIpc) is 2.44. The molecule has 0 heterocycles. The third kappa shape index (κ3) is 5.43. The van der Waals surface area contributed by atoms with Gasteiger partial charge in [-0.15, -0.1) is 0 Å². The molecule has 0 saturated carbocycles. The summed E-state index contributed by atoms with van der Waals surface area (Å²) in [5.41, 5.74) is 0.950. The van der Waals surface area contributed by atoms with Crippen LogP contribution in [0.1, 0.15) is 51.1 Å². The van der Waals surface area contributed by atoms with E-state index < -0.39 is 5.97 Å². The molecule has 1 aromatic rings. The van der Waals surface area contributed by atoms with Crippen molar-refractivity contribution in [2.45, 2.75) is 45.6 Å². The molecule has 0 bridgehead atoms. The molecule has 0 aliphatic rings. The molecule has 1 aromatic carbocycles. The summed E-state index contributed by atoms with van der Waals surface area (Å²) < 4.78 is 0. The molecule has 2 atom stereocenters. The van der Waals surface area contributed by atoms with Gasteiger partial charge in [-0.2, -0.15) is 0 Å². The summed E-state index contributed by atoms with van der Waals surface area (Å²) in [5.74, 6) is -0.899. The molecule has 0 fully saturated rings. The van der Waals surface area contributed by atoms with Gasteiger partial charge >= 0.3 is 5.97 Å². The van der Waals surface area contributed by atoms with Crippen molar-refractivity contribution in [3.05, 3.63) is 35.9 Å². The van der Waals surface area contributed by atoms with E-state index in [-0.39, 0.29) is 24.3 Å². The predicted octanol–water partition coefficient (Wildman–Crippen LogP) is 3.14. The Bertz CT molecular complexity index is 431. The molecule has 1 amide bonds. The maximum absolute atomic E-state index is 12.1. The van der Waals surface area contributed by atoms with Crippen LogP contribution in [0.25, 0.3) is 0 Å². The van der Waals surface area contributed by atoms with Crippen LogP contribution in [0.15, 0.2) is 30.3 Å². The van der Waals surface area contributed by atoms with Gasteiger partial charge in [0.25, 0.3) is 0 Å². The van der Waals surface area contributed by atoms with Crippen LogP contribution in [-0.2, 0) is 9.59 Å². The molecule has 4 nitrogen and oxygen atoms in total. The Morgan fingerprint density at radius 2 is 1.85 bits per heavy atom. The molecule has 20 heavy (non-hydrogen) atoms. The average molecular weight is 277 g/mol. The van der Waals surface area contributed by atoms with Gasteiger partial charge in [0.1, 0.15) is 0 Å². The summed E-state index contributed by atoms with van der Waals surface area (Å²) in [4.78, 5) is 22.8. The monoisotopic (exact) mass is 277 g/mol. The number of nitrogens with one attached hydrogen (secondary N) is 1. The number of aliphatic carboxylic acids is 1. The number of benzene rings is 1. The number of hydrogen-bond donors (Lipinski definition) is 2. The summed E-state index contributed by atoms with van der Waals surface area (Å²) >= 11 is 0. The van der Waals surface area contributed by atoms with Crippen LogP contribution in [0.5, 0.6) is 0 Å². The lowest BCUT2D eigenvalue weighted by atomic mass is 9.99. The molecule has 0 aliphatic heterocycles. The Morgan fingerprint density at radius 3 is 2.40 bits per heavy atom. The zero-order chi connectivity index (χ0) is 15.0. The minimum absolute atomic E-state index is 0.00825. The molecular weight excluding hydrogens is 254 g/mol. The first-order chi connectivity index (χ1) is 9.54. The fraction of sp³-hybridized carbons (Fsp3) is 0.500. The Hall–Kier alpha value is -1.84. The topological polar surface area (TPSA) is 66.4 Å². The summed E-state index contributed by atoms with van der Waals surface area (Å²) in [6.07, 6.45) is 2.25. The maximum Gasteiger partial charge on any atom is 0.303 e. The molecule has 0 spiro atoms. The fourth-order valence-electron chi connectivity index (χ4n) is 2.15. The van der Waals surface area contributed by atoms with Gasteiger partial charge in [-0.3, -0.25) is 9.59 Å². The summed E-state index contributed by atoms with van der Waals surface area (Å²) in [5, 5.41) is 11.8. The van der Waals surface area contributed by atoms with Crippen molar-refractivity contribution in [3.8, 4) is 0 Å². The first-order valence-electron chi connectivity index (χ1n) is 7.11. The van der Waals surface area contributed by atoms with Crippen molar-refractivity contribution in [2.24, 2.45) is 5.92 Å². The highest BCUT2D eigenvalue weighted by atomic mass is 16.4. The molecule has 0 aliphatic carbocycles. The highest BCUT2D eigenvalue weighted by Gasteiger charge is 2.19. The minimum Gasteiger partial charge on any atom is -0.481 e. The lowest BCUT2D eigenvalue weighted by Crippen LogP contribution is -2.33. The van der Waals surface area contributed by atoms with Gasteiger partial charge in [0.15, 0.2) is 0 Å². The van der Waals surface area contributed by atoms with Crippen molar-refractivity contribution < 1.29 is 14.7 Å². The number of carbonyl (C=O) groups is 2. The van der Waals surface area contributed by atoms with E-state index in [0.29, 0.717) is 6.42 Å². The smallest absolute Gasteiger partial charge is 0.303 e. The molecule has 4 heteroatoms. The Labute approximate surface area is 120 Å². The van der Waals surface area contributed by atoms with E-state index in [1.54, 1.807) is 0 Å². The largest absolute Gasteiger partial charge is 0.481 e. The fourth-order valence-corrected chi connectivity index (χ4v) is 2.15. The zero-order valence-electron chi connectivity index (χ0n) is 12.1. The predicted molar refractivity (Wildman–Crippen MR) is 78.3 cm³/mol. The maximum atomic E-state index is 12.1. The molecular formula is C16H23NO3. The highest BCUT2D eigenvalue weighted by molar-refractivity contribution is 5.78. The Kier molecular flexibility index (Phi) is 6.77. The normalized spacial score (nSPS) is 13.5. The van der Waals surface area contributed by atoms with Crippen LogP contribution in [0.4, 0.5) is 0 Å². The molecule has 0 radical (unpaired) electrons. The van der Waals surface area contributed by atoms with Gasteiger partial charge in [-0.25, -0.2) is 0 Å². The minimum atomic E-state index is -0.846. The second-order valence-corrected chi connectivity index (χ2v) is 5.09. The van der Waals surface area contributed by atoms with E-state index in [0.717, 1.165) is 18.4 Å². The summed E-state index contributed by atoms with van der Waals surface area (Å²) in [6, 6.07) is 9.28. The lowest BCUT2D eigenvalue weighted by molar-refractivity contribution is -0.137.